The Bertz CT molecular complexity index is 664. The minimum atomic E-state index is -3.36. The maximum absolute atomic E-state index is 12.5. The number of nitrogens with one attached hydrogen (secondary N) is 1. The molecule has 6 nitrogen and oxygen atoms in total. The van der Waals surface area contributed by atoms with Crippen molar-refractivity contribution in [1.82, 2.24) is 14.5 Å². The molecule has 2 rings (SSSR count). The van der Waals surface area contributed by atoms with E-state index in [1.54, 1.807) is 16.4 Å². The number of rotatable bonds is 10. The van der Waals surface area contributed by atoms with E-state index in [4.69, 9.17) is 0 Å². The fraction of sp³-hybridized carbons (Fsp3) is 0.632. The molecule has 0 aromatic heterocycles. The van der Waals surface area contributed by atoms with E-state index < -0.39 is 10.0 Å². The molecule has 0 atom stereocenters. The zero-order chi connectivity index (χ0) is 19.0. The number of carbonyl (C=O) groups is 1. The monoisotopic (exact) mass is 381 g/mol. The number of hydrogen-bond donors (Lipinski definition) is 1. The molecule has 1 aliphatic heterocycles. The Kier molecular flexibility index (Phi) is 8.06. The molecule has 0 aliphatic carbocycles. The zero-order valence-electron chi connectivity index (χ0n) is 15.9. The lowest BCUT2D eigenvalue weighted by molar-refractivity contribution is -0.121. The highest BCUT2D eigenvalue weighted by atomic mass is 32.2. The van der Waals surface area contributed by atoms with E-state index in [1.807, 2.05) is 12.1 Å². The number of aryl methyl sites for hydroxylation is 1. The summed E-state index contributed by atoms with van der Waals surface area (Å²) >= 11 is 0. The van der Waals surface area contributed by atoms with Crippen LogP contribution in [0.3, 0.4) is 0 Å². The number of nitrogens with zero attached hydrogens (tertiary/aromatic N) is 2. The van der Waals surface area contributed by atoms with Gasteiger partial charge in [0.25, 0.3) is 0 Å². The van der Waals surface area contributed by atoms with Gasteiger partial charge < -0.3 is 10.2 Å². The third-order valence-corrected chi connectivity index (χ3v) is 6.82. The van der Waals surface area contributed by atoms with Crippen molar-refractivity contribution in [3.05, 3.63) is 29.8 Å². The van der Waals surface area contributed by atoms with E-state index in [0.29, 0.717) is 37.4 Å². The largest absolute Gasteiger partial charge is 0.355 e. The molecule has 1 aliphatic rings. The molecule has 0 unspecified atom stereocenters. The van der Waals surface area contributed by atoms with E-state index in [-0.39, 0.29) is 5.91 Å². The van der Waals surface area contributed by atoms with Crippen LogP contribution < -0.4 is 5.32 Å². The van der Waals surface area contributed by atoms with Crippen LogP contribution in [0.1, 0.15) is 38.7 Å². The van der Waals surface area contributed by atoms with Gasteiger partial charge in [-0.2, -0.15) is 4.31 Å². The van der Waals surface area contributed by atoms with Crippen LogP contribution in [0.5, 0.6) is 0 Å². The lowest BCUT2D eigenvalue weighted by atomic mass is 10.1. The van der Waals surface area contributed by atoms with Gasteiger partial charge >= 0.3 is 0 Å². The lowest BCUT2D eigenvalue weighted by Gasteiger charge is -2.18. The quantitative estimate of drug-likeness (QED) is 0.672. The number of hydrogen-bond acceptors (Lipinski definition) is 4. The Morgan fingerprint density at radius 2 is 1.73 bits per heavy atom. The average molecular weight is 382 g/mol. The van der Waals surface area contributed by atoms with E-state index >= 15 is 0 Å². The normalized spacial score (nSPS) is 15.5. The van der Waals surface area contributed by atoms with Crippen molar-refractivity contribution >= 4 is 15.9 Å². The topological polar surface area (TPSA) is 69.7 Å². The molecular weight excluding hydrogens is 350 g/mol. The molecule has 1 aromatic rings. The second kappa shape index (κ2) is 10.0. The van der Waals surface area contributed by atoms with Gasteiger partial charge in [-0.1, -0.05) is 26.0 Å². The van der Waals surface area contributed by atoms with E-state index in [2.05, 4.69) is 24.1 Å². The molecule has 26 heavy (non-hydrogen) atoms. The predicted molar refractivity (Wildman–Crippen MR) is 104 cm³/mol. The van der Waals surface area contributed by atoms with Crippen LogP contribution >= 0.6 is 0 Å². The van der Waals surface area contributed by atoms with Gasteiger partial charge in [0.2, 0.25) is 15.9 Å². The predicted octanol–water partition coefficient (Wildman–Crippen LogP) is 1.86. The van der Waals surface area contributed by atoms with Crippen molar-refractivity contribution < 1.29 is 13.2 Å². The van der Waals surface area contributed by atoms with Crippen molar-refractivity contribution in [1.29, 1.82) is 0 Å². The maximum Gasteiger partial charge on any atom is 0.243 e. The molecule has 0 bridgehead atoms. The van der Waals surface area contributed by atoms with Crippen LogP contribution in [0.4, 0.5) is 0 Å². The van der Waals surface area contributed by atoms with E-state index in [0.717, 1.165) is 38.0 Å². The van der Waals surface area contributed by atoms with Gasteiger partial charge in [0.1, 0.15) is 0 Å². The van der Waals surface area contributed by atoms with Crippen molar-refractivity contribution in [3.8, 4) is 0 Å². The number of amides is 1. The molecule has 146 valence electrons. The number of carbonyl (C=O) groups excluding carboxylic acids is 1. The summed E-state index contributed by atoms with van der Waals surface area (Å²) in [6.45, 7) is 8.93. The average Bonchev–Trinajstić information content (AvgIpc) is 3.19. The van der Waals surface area contributed by atoms with Crippen molar-refractivity contribution in [2.24, 2.45) is 0 Å². The Morgan fingerprint density at radius 3 is 2.31 bits per heavy atom. The van der Waals surface area contributed by atoms with Gasteiger partial charge in [0.05, 0.1) is 4.90 Å². The summed E-state index contributed by atoms with van der Waals surface area (Å²) in [6, 6.07) is 6.93. The van der Waals surface area contributed by atoms with Gasteiger partial charge in [-0.15, -0.1) is 0 Å². The molecule has 1 saturated heterocycles. The first kappa shape index (κ1) is 20.9. The Hall–Kier alpha value is -1.44. The smallest absolute Gasteiger partial charge is 0.243 e. The molecule has 1 N–H and O–H groups in total. The second-order valence-electron chi connectivity index (χ2n) is 6.63. The molecule has 1 fully saturated rings. The van der Waals surface area contributed by atoms with Crippen molar-refractivity contribution in [2.45, 2.75) is 44.4 Å². The van der Waals surface area contributed by atoms with E-state index in [9.17, 15) is 13.2 Å². The maximum atomic E-state index is 12.5. The summed E-state index contributed by atoms with van der Waals surface area (Å²) in [4.78, 5) is 14.5. The molecular formula is C19H31N3O3S. The van der Waals surface area contributed by atoms with Crippen LogP contribution in [0.25, 0.3) is 0 Å². The molecule has 0 radical (unpaired) electrons. The third kappa shape index (κ3) is 5.79. The Morgan fingerprint density at radius 1 is 1.12 bits per heavy atom. The molecule has 0 spiro atoms. The van der Waals surface area contributed by atoms with Crippen LogP contribution in [-0.2, 0) is 21.2 Å². The molecule has 1 amide bonds. The standard InChI is InChI=1S/C19H31N3O3S/c1-3-21(4-2)16-13-20-19(23)12-9-17-7-10-18(11-8-17)26(24,25)22-14-5-6-15-22/h7-8,10-11H,3-6,9,12-16H2,1-2H3,(H,20,23). The summed E-state index contributed by atoms with van der Waals surface area (Å²) in [5.41, 5.74) is 0.976. The lowest BCUT2D eigenvalue weighted by Crippen LogP contribution is -2.34. The fourth-order valence-corrected chi connectivity index (χ4v) is 4.66. The number of likely N-dealkylation sites (N-methyl/N-ethyl adjacent to an activating group) is 1. The second-order valence-corrected chi connectivity index (χ2v) is 8.57. The summed E-state index contributed by atoms with van der Waals surface area (Å²) in [5.74, 6) is 0.0333. The molecule has 7 heteroatoms. The summed E-state index contributed by atoms with van der Waals surface area (Å²) in [5, 5.41) is 2.94. The highest BCUT2D eigenvalue weighted by molar-refractivity contribution is 7.89. The van der Waals surface area contributed by atoms with Gasteiger partial charge in [-0.3, -0.25) is 4.79 Å². The third-order valence-electron chi connectivity index (χ3n) is 4.91. The summed E-state index contributed by atoms with van der Waals surface area (Å²) in [7, 11) is -3.36. The van der Waals surface area contributed by atoms with Gasteiger partial charge in [0, 0.05) is 32.6 Å². The van der Waals surface area contributed by atoms with Gasteiger partial charge in [-0.25, -0.2) is 8.42 Å². The zero-order valence-corrected chi connectivity index (χ0v) is 16.7. The first-order chi connectivity index (χ1) is 12.5. The minimum absolute atomic E-state index is 0.0333. The van der Waals surface area contributed by atoms with Crippen molar-refractivity contribution in [2.75, 3.05) is 39.3 Å². The molecule has 1 heterocycles. The Balaban J connectivity index is 1.79. The van der Waals surface area contributed by atoms with Crippen LogP contribution in [0, 0.1) is 0 Å². The SMILES string of the molecule is CCN(CC)CCNC(=O)CCc1ccc(S(=O)(=O)N2CCCC2)cc1. The first-order valence-electron chi connectivity index (χ1n) is 9.55. The van der Waals surface area contributed by atoms with Gasteiger partial charge in [0.15, 0.2) is 0 Å². The van der Waals surface area contributed by atoms with E-state index in [1.165, 1.54) is 0 Å². The highest BCUT2D eigenvalue weighted by Gasteiger charge is 2.26. The molecule has 0 saturated carbocycles. The fourth-order valence-electron chi connectivity index (χ4n) is 3.15. The number of sulfonamides is 1. The Labute approximate surface area is 157 Å². The van der Waals surface area contributed by atoms with Crippen molar-refractivity contribution in [3.63, 3.8) is 0 Å². The summed E-state index contributed by atoms with van der Waals surface area (Å²) < 4.78 is 26.5. The minimum Gasteiger partial charge on any atom is -0.355 e. The van der Waals surface area contributed by atoms with Crippen LogP contribution in [-0.4, -0.2) is 62.8 Å². The first-order valence-corrected chi connectivity index (χ1v) is 11.0. The highest BCUT2D eigenvalue weighted by Crippen LogP contribution is 2.21. The van der Waals surface area contributed by atoms with Crippen LogP contribution in [0.15, 0.2) is 29.2 Å². The number of benzene rings is 1. The van der Waals surface area contributed by atoms with Gasteiger partial charge in [-0.05, 0) is 50.0 Å². The summed E-state index contributed by atoms with van der Waals surface area (Å²) in [6.07, 6.45) is 2.89. The molecule has 1 aromatic carbocycles. The van der Waals surface area contributed by atoms with Crippen LogP contribution in [0.2, 0.25) is 0 Å².